The van der Waals surface area contributed by atoms with Gasteiger partial charge in [-0.1, -0.05) is 6.07 Å². The van der Waals surface area contributed by atoms with Crippen molar-refractivity contribution in [2.24, 2.45) is 0 Å². The number of rotatable bonds is 6. The highest BCUT2D eigenvalue weighted by Gasteiger charge is 2.47. The number of ketones is 1. The Hall–Kier alpha value is -2.64. The molecule has 2 aliphatic rings. The van der Waals surface area contributed by atoms with Crippen LogP contribution in [0.25, 0.3) is 5.76 Å². The van der Waals surface area contributed by atoms with Gasteiger partial charge in [-0.2, -0.15) is 0 Å². The molecule has 29 heavy (non-hydrogen) atoms. The summed E-state index contributed by atoms with van der Waals surface area (Å²) in [5, 5.41) is 12.9. The van der Waals surface area contributed by atoms with Gasteiger partial charge in [0.1, 0.15) is 11.5 Å². The summed E-state index contributed by atoms with van der Waals surface area (Å²) in [5.74, 6) is -0.739. The van der Waals surface area contributed by atoms with E-state index in [0.717, 1.165) is 17.7 Å². The van der Waals surface area contributed by atoms with Gasteiger partial charge in [0.25, 0.3) is 11.7 Å². The quantitative estimate of drug-likeness (QED) is 0.443. The lowest BCUT2D eigenvalue weighted by Crippen LogP contribution is -2.36. The molecule has 0 spiro atoms. The monoisotopic (exact) mass is 413 g/mol. The molecule has 7 heteroatoms. The molecule has 0 aliphatic carbocycles. The highest BCUT2D eigenvalue weighted by Crippen LogP contribution is 2.41. The lowest BCUT2D eigenvalue weighted by Gasteiger charge is -2.26. The lowest BCUT2D eigenvalue weighted by atomic mass is 9.99. The van der Waals surface area contributed by atoms with Gasteiger partial charge >= 0.3 is 0 Å². The van der Waals surface area contributed by atoms with Gasteiger partial charge in [-0.05, 0) is 55.5 Å². The van der Waals surface area contributed by atoms with E-state index < -0.39 is 17.7 Å². The van der Waals surface area contributed by atoms with E-state index >= 15 is 0 Å². The van der Waals surface area contributed by atoms with Crippen molar-refractivity contribution in [3.63, 3.8) is 0 Å². The zero-order valence-electron chi connectivity index (χ0n) is 16.2. The van der Waals surface area contributed by atoms with Crippen molar-refractivity contribution in [3.8, 4) is 5.75 Å². The number of likely N-dealkylation sites (tertiary alicyclic amines) is 1. The maximum atomic E-state index is 12.9. The van der Waals surface area contributed by atoms with E-state index in [4.69, 9.17) is 9.47 Å². The summed E-state index contributed by atoms with van der Waals surface area (Å²) >= 11 is 1.46. The van der Waals surface area contributed by atoms with Crippen LogP contribution in [0.3, 0.4) is 0 Å². The van der Waals surface area contributed by atoms with Gasteiger partial charge < -0.3 is 19.5 Å². The molecule has 3 heterocycles. The minimum absolute atomic E-state index is 0.0822. The van der Waals surface area contributed by atoms with Crippen LogP contribution in [-0.4, -0.2) is 47.6 Å². The smallest absolute Gasteiger partial charge is 0.295 e. The van der Waals surface area contributed by atoms with Crippen LogP contribution < -0.4 is 4.74 Å². The molecule has 2 aliphatic heterocycles. The fraction of sp³-hybridized carbons (Fsp3) is 0.364. The predicted molar refractivity (Wildman–Crippen MR) is 110 cm³/mol. The molecule has 0 saturated carbocycles. The number of hydrogen-bond acceptors (Lipinski definition) is 6. The molecule has 4 rings (SSSR count). The summed E-state index contributed by atoms with van der Waals surface area (Å²) in [6.07, 6.45) is 1.73. The highest BCUT2D eigenvalue weighted by molar-refractivity contribution is 7.10. The van der Waals surface area contributed by atoms with Crippen molar-refractivity contribution in [1.29, 1.82) is 0 Å². The van der Waals surface area contributed by atoms with Crippen molar-refractivity contribution in [3.05, 3.63) is 57.8 Å². The molecule has 1 amide bonds. The Morgan fingerprint density at radius 1 is 1.28 bits per heavy atom. The number of carbonyl (C=O) groups is 2. The Morgan fingerprint density at radius 2 is 2.07 bits per heavy atom. The molecule has 0 radical (unpaired) electrons. The first-order valence-electron chi connectivity index (χ1n) is 9.76. The molecule has 152 valence electrons. The maximum Gasteiger partial charge on any atom is 0.295 e. The normalized spacial score (nSPS) is 23.7. The molecule has 2 atom stereocenters. The van der Waals surface area contributed by atoms with Crippen molar-refractivity contribution in [2.75, 3.05) is 19.8 Å². The van der Waals surface area contributed by atoms with Crippen LogP contribution in [0.15, 0.2) is 47.4 Å². The first kappa shape index (κ1) is 19.7. The molecule has 0 bridgehead atoms. The van der Waals surface area contributed by atoms with Crippen molar-refractivity contribution < 1.29 is 24.2 Å². The molecule has 1 aromatic heterocycles. The van der Waals surface area contributed by atoms with E-state index in [1.54, 1.807) is 29.2 Å². The van der Waals surface area contributed by atoms with E-state index in [0.29, 0.717) is 31.1 Å². The van der Waals surface area contributed by atoms with Crippen LogP contribution in [0, 0.1) is 0 Å². The number of ether oxygens (including phenoxy) is 2. The Balaban J connectivity index is 1.74. The number of benzene rings is 1. The van der Waals surface area contributed by atoms with E-state index in [-0.39, 0.29) is 17.4 Å². The second-order valence-corrected chi connectivity index (χ2v) is 8.04. The number of Topliss-reactive ketones (excluding diaryl/α,β-unsaturated/α-hetero) is 1. The van der Waals surface area contributed by atoms with Crippen LogP contribution >= 0.6 is 11.3 Å². The summed E-state index contributed by atoms with van der Waals surface area (Å²) in [5.41, 5.74) is 0.602. The zero-order valence-corrected chi connectivity index (χ0v) is 17.0. The van der Waals surface area contributed by atoms with Crippen LogP contribution in [0.4, 0.5) is 0 Å². The number of nitrogens with zero attached hydrogens (tertiary/aromatic N) is 1. The SMILES string of the molecule is CCOc1ccc(/C(O)=C2\C(=O)C(=O)N(CC3CCCO3)C2c2cccs2)cc1. The second kappa shape index (κ2) is 8.39. The van der Waals surface area contributed by atoms with E-state index in [1.165, 1.54) is 11.3 Å². The van der Waals surface area contributed by atoms with Crippen LogP contribution in [-0.2, 0) is 14.3 Å². The van der Waals surface area contributed by atoms with Gasteiger partial charge in [-0.15, -0.1) is 11.3 Å². The highest BCUT2D eigenvalue weighted by atomic mass is 32.1. The third-order valence-electron chi connectivity index (χ3n) is 5.22. The number of aliphatic hydroxyl groups is 1. The first-order chi connectivity index (χ1) is 14.1. The Bertz CT molecular complexity index is 913. The third kappa shape index (κ3) is 3.80. The van der Waals surface area contributed by atoms with E-state index in [1.807, 2.05) is 24.4 Å². The van der Waals surface area contributed by atoms with Crippen molar-refractivity contribution >= 4 is 28.8 Å². The minimum atomic E-state index is -0.659. The second-order valence-electron chi connectivity index (χ2n) is 7.06. The van der Waals surface area contributed by atoms with Crippen LogP contribution in [0.1, 0.15) is 36.2 Å². The fourth-order valence-electron chi connectivity index (χ4n) is 3.85. The van der Waals surface area contributed by atoms with E-state index in [9.17, 15) is 14.7 Å². The molecular formula is C22H23NO5S. The largest absolute Gasteiger partial charge is 0.507 e. The lowest BCUT2D eigenvalue weighted by molar-refractivity contribution is -0.140. The number of hydrogen-bond donors (Lipinski definition) is 1. The Kier molecular flexibility index (Phi) is 5.69. The van der Waals surface area contributed by atoms with Gasteiger partial charge in [-0.3, -0.25) is 9.59 Å². The molecular weight excluding hydrogens is 390 g/mol. The maximum absolute atomic E-state index is 12.9. The molecule has 2 aromatic rings. The average molecular weight is 413 g/mol. The molecule has 1 N–H and O–H groups in total. The number of carbonyl (C=O) groups excluding carboxylic acids is 2. The number of thiophene rings is 1. The fourth-order valence-corrected chi connectivity index (χ4v) is 4.70. The van der Waals surface area contributed by atoms with Gasteiger partial charge in [-0.25, -0.2) is 0 Å². The molecule has 1 aromatic carbocycles. The third-order valence-corrected chi connectivity index (χ3v) is 6.14. The summed E-state index contributed by atoms with van der Waals surface area (Å²) < 4.78 is 11.1. The number of amides is 1. The summed E-state index contributed by atoms with van der Waals surface area (Å²) in [4.78, 5) is 28.1. The predicted octanol–water partition coefficient (Wildman–Crippen LogP) is 3.75. The summed E-state index contributed by atoms with van der Waals surface area (Å²) in [6.45, 7) is 3.44. The van der Waals surface area contributed by atoms with E-state index in [2.05, 4.69) is 0 Å². The van der Waals surface area contributed by atoms with Gasteiger partial charge in [0, 0.05) is 23.6 Å². The van der Waals surface area contributed by atoms with Gasteiger partial charge in [0.2, 0.25) is 0 Å². The Morgan fingerprint density at radius 3 is 2.69 bits per heavy atom. The van der Waals surface area contributed by atoms with Crippen molar-refractivity contribution in [1.82, 2.24) is 4.90 Å². The average Bonchev–Trinajstić information content (AvgIpc) is 3.47. The van der Waals surface area contributed by atoms with Gasteiger partial charge in [0.15, 0.2) is 0 Å². The minimum Gasteiger partial charge on any atom is -0.507 e. The van der Waals surface area contributed by atoms with Crippen LogP contribution in [0.2, 0.25) is 0 Å². The summed E-state index contributed by atoms with van der Waals surface area (Å²) in [7, 11) is 0. The molecule has 2 fully saturated rings. The number of aliphatic hydroxyl groups excluding tert-OH is 1. The molecule has 2 unspecified atom stereocenters. The van der Waals surface area contributed by atoms with Gasteiger partial charge in [0.05, 0.1) is 24.3 Å². The van der Waals surface area contributed by atoms with Crippen molar-refractivity contribution in [2.45, 2.75) is 31.9 Å². The molecule has 2 saturated heterocycles. The zero-order chi connectivity index (χ0) is 20.4. The van der Waals surface area contributed by atoms with Crippen LogP contribution in [0.5, 0.6) is 5.75 Å². The Labute approximate surface area is 173 Å². The standard InChI is InChI=1S/C22H23NO5S/c1-2-27-15-9-7-14(8-10-15)20(24)18-19(17-6-4-12-29-17)23(22(26)21(18)25)13-16-5-3-11-28-16/h4,6-10,12,16,19,24H,2-3,5,11,13H2,1H3/b20-18+. The topological polar surface area (TPSA) is 76.1 Å². The molecule has 6 nitrogen and oxygen atoms in total. The first-order valence-corrected chi connectivity index (χ1v) is 10.6. The summed E-state index contributed by atoms with van der Waals surface area (Å²) in [6, 6.07) is 10.0.